The van der Waals surface area contributed by atoms with Crippen LogP contribution in [0.25, 0.3) is 0 Å². The number of carboxylic acid groups (broad SMARTS) is 1. The van der Waals surface area contributed by atoms with Gasteiger partial charge in [-0.15, -0.1) is 0 Å². The van der Waals surface area contributed by atoms with Crippen LogP contribution >= 0.6 is 11.8 Å². The summed E-state index contributed by atoms with van der Waals surface area (Å²) in [6.45, 7) is 3.53. The summed E-state index contributed by atoms with van der Waals surface area (Å²) in [5.41, 5.74) is 0.853. The quantitative estimate of drug-likeness (QED) is 0.631. The maximum Gasteiger partial charge on any atom is 0.165 e. The van der Waals surface area contributed by atoms with Crippen LogP contribution in [-0.2, 0) is 4.79 Å². The van der Waals surface area contributed by atoms with Crippen LogP contribution in [0.4, 0.5) is 5.69 Å². The van der Waals surface area contributed by atoms with Crippen LogP contribution in [0.3, 0.4) is 0 Å². The minimum Gasteiger partial charge on any atom is -0.549 e. The zero-order valence-corrected chi connectivity index (χ0v) is 12.4. The van der Waals surface area contributed by atoms with Crippen molar-refractivity contribution in [3.05, 3.63) is 30.3 Å². The molecule has 1 aromatic carbocycles. The molecule has 4 nitrogen and oxygen atoms in total. The number of piperidine rings is 1. The first-order chi connectivity index (χ1) is 9.66. The summed E-state index contributed by atoms with van der Waals surface area (Å²) in [4.78, 5) is 17.8. The highest BCUT2D eigenvalue weighted by molar-refractivity contribution is 8.14. The molecule has 1 aromatic rings. The monoisotopic (exact) mass is 291 g/mol. The van der Waals surface area contributed by atoms with E-state index in [4.69, 9.17) is 0 Å². The minimum absolute atomic E-state index is 0.598. The Labute approximate surface area is 123 Å². The second-order valence-corrected chi connectivity index (χ2v) is 6.16. The number of benzene rings is 1. The predicted molar refractivity (Wildman–Crippen MR) is 81.0 cm³/mol. The molecular formula is C15H19N2O2S-. The molecule has 1 saturated heterocycles. The molecule has 1 fully saturated rings. The number of para-hydroxylation sites is 1. The van der Waals surface area contributed by atoms with E-state index in [9.17, 15) is 9.90 Å². The lowest BCUT2D eigenvalue weighted by Crippen LogP contribution is -2.38. The van der Waals surface area contributed by atoms with Crippen molar-refractivity contribution in [2.24, 2.45) is 4.99 Å². The molecule has 0 bridgehead atoms. The van der Waals surface area contributed by atoms with Crippen LogP contribution in [0, 0.1) is 0 Å². The number of carboxylic acids is 1. The van der Waals surface area contributed by atoms with Crippen molar-refractivity contribution < 1.29 is 9.90 Å². The fraction of sp³-hybridized carbons (Fsp3) is 0.467. The summed E-state index contributed by atoms with van der Waals surface area (Å²) < 4.78 is 0. The molecule has 108 valence electrons. The molecule has 1 heterocycles. The summed E-state index contributed by atoms with van der Waals surface area (Å²) in [6, 6.07) is 9.65. The number of amidine groups is 1. The number of nitrogens with zero attached hydrogens (tertiary/aromatic N) is 2. The zero-order valence-electron chi connectivity index (χ0n) is 11.6. The number of aliphatic imine (C=N–C) groups is 1. The van der Waals surface area contributed by atoms with E-state index in [0.717, 1.165) is 36.8 Å². The van der Waals surface area contributed by atoms with Gasteiger partial charge in [-0.1, -0.05) is 30.0 Å². The fourth-order valence-corrected chi connectivity index (χ4v) is 2.98. The number of rotatable bonds is 3. The number of aliphatic carboxylic acids is 1. The van der Waals surface area contributed by atoms with Crippen molar-refractivity contribution in [1.29, 1.82) is 0 Å². The largest absolute Gasteiger partial charge is 0.549 e. The topological polar surface area (TPSA) is 55.7 Å². The molecule has 0 N–H and O–H groups in total. The molecule has 2 rings (SSSR count). The van der Waals surface area contributed by atoms with E-state index < -0.39 is 11.2 Å². The van der Waals surface area contributed by atoms with Gasteiger partial charge in [0.2, 0.25) is 0 Å². The first-order valence-corrected chi connectivity index (χ1v) is 7.81. The maximum atomic E-state index is 11.0. The number of carbonyl (C=O) groups excluding carboxylic acids is 1. The van der Waals surface area contributed by atoms with Gasteiger partial charge < -0.3 is 14.8 Å². The number of hydrogen-bond donors (Lipinski definition) is 0. The Balaban J connectivity index is 2.18. The molecule has 0 aromatic heterocycles. The van der Waals surface area contributed by atoms with Crippen molar-refractivity contribution >= 4 is 28.6 Å². The summed E-state index contributed by atoms with van der Waals surface area (Å²) in [6.07, 6.45) is 3.50. The third-order valence-corrected chi connectivity index (χ3v) is 4.33. The van der Waals surface area contributed by atoms with Gasteiger partial charge in [0.15, 0.2) is 5.17 Å². The molecule has 5 heteroatoms. The van der Waals surface area contributed by atoms with Crippen LogP contribution in [0.5, 0.6) is 0 Å². The van der Waals surface area contributed by atoms with Gasteiger partial charge in [0.1, 0.15) is 0 Å². The molecule has 0 unspecified atom stereocenters. The van der Waals surface area contributed by atoms with Crippen molar-refractivity contribution in [1.82, 2.24) is 4.90 Å². The highest BCUT2D eigenvalue weighted by Crippen LogP contribution is 2.23. The Bertz CT molecular complexity index is 470. The highest BCUT2D eigenvalue weighted by Gasteiger charge is 2.18. The molecular weight excluding hydrogens is 272 g/mol. The molecule has 0 spiro atoms. The number of likely N-dealkylation sites (tertiary alicyclic amines) is 1. The van der Waals surface area contributed by atoms with E-state index in [2.05, 4.69) is 9.89 Å². The minimum atomic E-state index is -1.05. The van der Waals surface area contributed by atoms with Crippen molar-refractivity contribution in [3.63, 3.8) is 0 Å². The van der Waals surface area contributed by atoms with Crippen molar-refractivity contribution in [2.45, 2.75) is 31.4 Å². The van der Waals surface area contributed by atoms with Gasteiger partial charge in [-0.2, -0.15) is 0 Å². The van der Waals surface area contributed by atoms with Crippen LogP contribution < -0.4 is 5.11 Å². The second kappa shape index (κ2) is 7.33. The summed E-state index contributed by atoms with van der Waals surface area (Å²) in [5.74, 6) is -1.05. The highest BCUT2D eigenvalue weighted by atomic mass is 32.2. The Morgan fingerprint density at radius 1 is 1.25 bits per heavy atom. The van der Waals surface area contributed by atoms with Gasteiger partial charge in [-0.25, -0.2) is 4.99 Å². The van der Waals surface area contributed by atoms with E-state index in [1.807, 2.05) is 30.3 Å². The lowest BCUT2D eigenvalue weighted by molar-refractivity contribution is -0.304. The van der Waals surface area contributed by atoms with Gasteiger partial charge >= 0.3 is 0 Å². The third-order valence-electron chi connectivity index (χ3n) is 3.22. The standard InChI is InChI=1S/C15H20N2O2S/c1-12(14(18)19)20-15(17-10-6-3-7-11-17)16-13-8-4-2-5-9-13/h2,4-5,8-9,12H,3,6-7,10-11H2,1H3,(H,18,19)/p-1/t12-/m1/s1. The molecule has 1 atom stereocenters. The Hall–Kier alpha value is -1.49. The lowest BCUT2D eigenvalue weighted by Gasteiger charge is -2.30. The summed E-state index contributed by atoms with van der Waals surface area (Å²) in [7, 11) is 0. The van der Waals surface area contributed by atoms with E-state index in [1.54, 1.807) is 6.92 Å². The molecule has 0 saturated carbocycles. The normalized spacial score (nSPS) is 17.9. The van der Waals surface area contributed by atoms with Gasteiger partial charge in [-0.05, 0) is 38.3 Å². The lowest BCUT2D eigenvalue weighted by atomic mass is 10.1. The molecule has 0 amide bonds. The van der Waals surface area contributed by atoms with Gasteiger partial charge in [0, 0.05) is 18.3 Å². The van der Waals surface area contributed by atoms with Crippen LogP contribution in [0.1, 0.15) is 26.2 Å². The van der Waals surface area contributed by atoms with Crippen LogP contribution in [-0.4, -0.2) is 34.4 Å². The van der Waals surface area contributed by atoms with Gasteiger partial charge in [0.25, 0.3) is 0 Å². The van der Waals surface area contributed by atoms with Crippen LogP contribution in [0.2, 0.25) is 0 Å². The first kappa shape index (κ1) is 14.9. The average molecular weight is 291 g/mol. The third kappa shape index (κ3) is 4.27. The molecule has 1 aliphatic heterocycles. The van der Waals surface area contributed by atoms with Crippen LogP contribution in [0.15, 0.2) is 35.3 Å². The Kier molecular flexibility index (Phi) is 5.47. The van der Waals surface area contributed by atoms with E-state index >= 15 is 0 Å². The molecule has 1 aliphatic rings. The predicted octanol–water partition coefficient (Wildman–Crippen LogP) is 2.03. The van der Waals surface area contributed by atoms with E-state index in [1.165, 1.54) is 18.2 Å². The number of carbonyl (C=O) groups is 1. The second-order valence-electron chi connectivity index (χ2n) is 4.86. The fourth-order valence-electron chi connectivity index (χ4n) is 2.08. The molecule has 0 radical (unpaired) electrons. The Morgan fingerprint density at radius 3 is 2.50 bits per heavy atom. The zero-order chi connectivity index (χ0) is 14.4. The average Bonchev–Trinajstić information content (AvgIpc) is 2.48. The van der Waals surface area contributed by atoms with E-state index in [0.29, 0.717) is 0 Å². The van der Waals surface area contributed by atoms with Gasteiger partial charge in [0.05, 0.1) is 11.7 Å². The maximum absolute atomic E-state index is 11.0. The summed E-state index contributed by atoms with van der Waals surface area (Å²) in [5, 5.41) is 11.2. The summed E-state index contributed by atoms with van der Waals surface area (Å²) >= 11 is 1.27. The SMILES string of the molecule is C[C@@H](SC(=Nc1ccccc1)N1CCCCC1)C(=O)[O-]. The number of hydrogen-bond acceptors (Lipinski definition) is 4. The van der Waals surface area contributed by atoms with Gasteiger partial charge in [-0.3, -0.25) is 0 Å². The van der Waals surface area contributed by atoms with E-state index in [-0.39, 0.29) is 0 Å². The van der Waals surface area contributed by atoms with Crippen molar-refractivity contribution in [2.75, 3.05) is 13.1 Å². The number of thioether (sulfide) groups is 1. The molecule has 20 heavy (non-hydrogen) atoms. The van der Waals surface area contributed by atoms with Crippen molar-refractivity contribution in [3.8, 4) is 0 Å². The smallest absolute Gasteiger partial charge is 0.165 e. The molecule has 0 aliphatic carbocycles. The first-order valence-electron chi connectivity index (χ1n) is 6.93. The Morgan fingerprint density at radius 2 is 1.90 bits per heavy atom.